The molecule has 0 saturated heterocycles. The average Bonchev–Trinajstić information content (AvgIpc) is 3.20. The monoisotopic (exact) mass is 396 g/mol. The second-order valence-corrected chi connectivity index (χ2v) is 7.28. The molecule has 0 aliphatic carbocycles. The smallest absolute Gasteiger partial charge is 0.229 e. The van der Waals surface area contributed by atoms with Crippen molar-refractivity contribution in [2.45, 2.75) is 6.54 Å². The van der Waals surface area contributed by atoms with Crippen molar-refractivity contribution in [3.8, 4) is 5.75 Å². The number of hydrogen-bond donors (Lipinski definition) is 2. The maximum absolute atomic E-state index is 6.13. The number of hydrogen-bond acceptors (Lipinski definition) is 6. The van der Waals surface area contributed by atoms with Gasteiger partial charge in [0.25, 0.3) is 0 Å². The molecule has 2 aromatic carbocycles. The Morgan fingerprint density at radius 1 is 1.07 bits per heavy atom. The minimum atomic E-state index is 0.475. The third kappa shape index (κ3) is 3.97. The van der Waals surface area contributed by atoms with Gasteiger partial charge in [-0.25, -0.2) is 4.98 Å². The fourth-order valence-electron chi connectivity index (χ4n) is 2.75. The van der Waals surface area contributed by atoms with Crippen LogP contribution >= 0.6 is 22.9 Å². The Balaban J connectivity index is 1.70. The van der Waals surface area contributed by atoms with Crippen LogP contribution in [0.2, 0.25) is 5.02 Å². The van der Waals surface area contributed by atoms with Gasteiger partial charge in [0.15, 0.2) is 0 Å². The molecule has 0 aliphatic heterocycles. The second kappa shape index (κ2) is 7.82. The highest BCUT2D eigenvalue weighted by molar-refractivity contribution is 7.09. The predicted molar refractivity (Wildman–Crippen MR) is 112 cm³/mol. The van der Waals surface area contributed by atoms with E-state index >= 15 is 0 Å². The van der Waals surface area contributed by atoms with Gasteiger partial charge in [0.05, 0.1) is 24.9 Å². The molecule has 0 fully saturated rings. The van der Waals surface area contributed by atoms with Crippen LogP contribution in [0, 0.1) is 0 Å². The van der Waals surface area contributed by atoms with Crippen LogP contribution in [0.15, 0.2) is 60.0 Å². The van der Waals surface area contributed by atoms with Crippen molar-refractivity contribution >= 4 is 51.3 Å². The third-order valence-electron chi connectivity index (χ3n) is 4.02. The molecule has 2 N–H and O–H groups in total. The van der Waals surface area contributed by atoms with Crippen LogP contribution < -0.4 is 15.4 Å². The zero-order valence-electron chi connectivity index (χ0n) is 14.6. The highest BCUT2D eigenvalue weighted by Gasteiger charge is 2.10. The summed E-state index contributed by atoms with van der Waals surface area (Å²) in [5.41, 5.74) is 1.56. The fourth-order valence-corrected chi connectivity index (χ4v) is 3.57. The molecule has 2 aromatic heterocycles. The van der Waals surface area contributed by atoms with E-state index in [-0.39, 0.29) is 0 Å². The average molecular weight is 397 g/mol. The van der Waals surface area contributed by atoms with E-state index in [0.29, 0.717) is 29.0 Å². The quantitative estimate of drug-likeness (QED) is 0.437. The molecule has 0 bridgehead atoms. The van der Waals surface area contributed by atoms with Crippen LogP contribution in [-0.4, -0.2) is 17.1 Å². The number of fused-ring (bicyclic) bond motifs is 1. The lowest BCUT2D eigenvalue weighted by atomic mass is 10.2. The van der Waals surface area contributed by atoms with E-state index in [9.17, 15) is 0 Å². The number of nitrogens with zero attached hydrogens (tertiary/aromatic N) is 2. The largest absolute Gasteiger partial charge is 0.495 e. The van der Waals surface area contributed by atoms with Crippen LogP contribution in [0.1, 0.15) is 4.88 Å². The van der Waals surface area contributed by atoms with Gasteiger partial charge in [0, 0.05) is 15.3 Å². The summed E-state index contributed by atoms with van der Waals surface area (Å²) >= 11 is 7.83. The molecule has 0 atom stereocenters. The Bertz CT molecular complexity index is 1070. The van der Waals surface area contributed by atoms with E-state index in [1.807, 2.05) is 36.4 Å². The number of anilines is 3. The molecule has 2 heterocycles. The summed E-state index contributed by atoms with van der Waals surface area (Å²) in [5.74, 6) is 1.92. The van der Waals surface area contributed by atoms with E-state index in [2.05, 4.69) is 32.0 Å². The fraction of sp³-hybridized carbons (Fsp3) is 0.100. The summed E-state index contributed by atoms with van der Waals surface area (Å²) in [6, 6.07) is 17.4. The van der Waals surface area contributed by atoms with Gasteiger partial charge in [-0.3, -0.25) is 0 Å². The van der Waals surface area contributed by atoms with Gasteiger partial charge in [-0.15, -0.1) is 11.3 Å². The van der Waals surface area contributed by atoms with E-state index in [0.717, 1.165) is 16.7 Å². The van der Waals surface area contributed by atoms with Crippen molar-refractivity contribution < 1.29 is 4.74 Å². The number of rotatable bonds is 6. The molecule has 4 rings (SSSR count). The summed E-state index contributed by atoms with van der Waals surface area (Å²) in [7, 11) is 1.61. The normalized spacial score (nSPS) is 10.7. The van der Waals surface area contributed by atoms with Gasteiger partial charge in [0.1, 0.15) is 11.6 Å². The van der Waals surface area contributed by atoms with Gasteiger partial charge in [-0.05, 0) is 41.8 Å². The van der Waals surface area contributed by atoms with Crippen molar-refractivity contribution in [3.05, 3.63) is 69.9 Å². The van der Waals surface area contributed by atoms with Crippen LogP contribution in [0.3, 0.4) is 0 Å². The first-order chi connectivity index (χ1) is 13.2. The zero-order valence-corrected chi connectivity index (χ0v) is 16.1. The van der Waals surface area contributed by atoms with Crippen molar-refractivity contribution in [2.75, 3.05) is 17.7 Å². The van der Waals surface area contributed by atoms with Crippen LogP contribution in [0.4, 0.5) is 17.5 Å². The molecule has 0 aliphatic rings. The standard InChI is InChI=1S/C20H17ClN4OS/c1-26-18-9-8-13(21)11-17(18)24-20-23-16-7-3-2-6-15(16)19(25-20)22-12-14-5-4-10-27-14/h2-11H,12H2,1H3,(H2,22,23,24,25). The summed E-state index contributed by atoms with van der Waals surface area (Å²) in [5, 5.41) is 10.3. The number of aromatic nitrogens is 2. The van der Waals surface area contributed by atoms with Gasteiger partial charge in [-0.1, -0.05) is 29.8 Å². The van der Waals surface area contributed by atoms with E-state index in [1.54, 1.807) is 30.6 Å². The number of halogens is 1. The van der Waals surface area contributed by atoms with E-state index in [4.69, 9.17) is 16.3 Å². The first-order valence-corrected chi connectivity index (χ1v) is 9.62. The SMILES string of the molecule is COc1ccc(Cl)cc1Nc1nc(NCc2cccs2)c2ccccc2n1. The molecule has 5 nitrogen and oxygen atoms in total. The Labute approximate surface area is 166 Å². The van der Waals surface area contributed by atoms with Crippen LogP contribution in [0.5, 0.6) is 5.75 Å². The molecular weight excluding hydrogens is 380 g/mol. The van der Waals surface area contributed by atoms with Crippen molar-refractivity contribution in [2.24, 2.45) is 0 Å². The zero-order chi connectivity index (χ0) is 18.6. The summed E-state index contributed by atoms with van der Waals surface area (Å²) < 4.78 is 5.40. The van der Waals surface area contributed by atoms with E-state index in [1.165, 1.54) is 4.88 Å². The Hall–Kier alpha value is -2.83. The van der Waals surface area contributed by atoms with Crippen molar-refractivity contribution in [1.82, 2.24) is 9.97 Å². The molecule has 0 spiro atoms. The minimum Gasteiger partial charge on any atom is -0.495 e. The number of methoxy groups -OCH3 is 1. The topological polar surface area (TPSA) is 59.1 Å². The van der Waals surface area contributed by atoms with E-state index < -0.39 is 0 Å². The molecule has 7 heteroatoms. The van der Waals surface area contributed by atoms with Gasteiger partial charge in [0.2, 0.25) is 5.95 Å². The number of para-hydroxylation sites is 1. The number of benzene rings is 2. The van der Waals surface area contributed by atoms with Gasteiger partial charge < -0.3 is 15.4 Å². The number of thiophene rings is 1. The van der Waals surface area contributed by atoms with Crippen LogP contribution in [0.25, 0.3) is 10.9 Å². The highest BCUT2D eigenvalue weighted by atomic mass is 35.5. The molecule has 0 amide bonds. The van der Waals surface area contributed by atoms with Gasteiger partial charge >= 0.3 is 0 Å². The molecule has 0 saturated carbocycles. The first-order valence-electron chi connectivity index (χ1n) is 8.36. The molecule has 0 radical (unpaired) electrons. The molecule has 27 heavy (non-hydrogen) atoms. The maximum Gasteiger partial charge on any atom is 0.229 e. The number of nitrogens with one attached hydrogen (secondary N) is 2. The Kier molecular flexibility index (Phi) is 5.09. The molecular formula is C20H17ClN4OS. The molecule has 136 valence electrons. The summed E-state index contributed by atoms with van der Waals surface area (Å²) in [6.07, 6.45) is 0. The first kappa shape index (κ1) is 17.6. The lowest BCUT2D eigenvalue weighted by Gasteiger charge is -2.13. The van der Waals surface area contributed by atoms with Crippen molar-refractivity contribution in [3.63, 3.8) is 0 Å². The maximum atomic E-state index is 6.13. The second-order valence-electron chi connectivity index (χ2n) is 5.82. The van der Waals surface area contributed by atoms with Crippen LogP contribution in [-0.2, 0) is 6.54 Å². The Morgan fingerprint density at radius 3 is 2.78 bits per heavy atom. The van der Waals surface area contributed by atoms with Crippen molar-refractivity contribution in [1.29, 1.82) is 0 Å². The Morgan fingerprint density at radius 2 is 1.96 bits per heavy atom. The summed E-state index contributed by atoms with van der Waals surface area (Å²) in [4.78, 5) is 10.5. The predicted octanol–water partition coefficient (Wildman–Crippen LogP) is 5.71. The highest BCUT2D eigenvalue weighted by Crippen LogP contribution is 2.31. The minimum absolute atomic E-state index is 0.475. The summed E-state index contributed by atoms with van der Waals surface area (Å²) in [6.45, 7) is 0.707. The number of ether oxygens (including phenoxy) is 1. The van der Waals surface area contributed by atoms with Gasteiger partial charge in [-0.2, -0.15) is 4.98 Å². The lowest BCUT2D eigenvalue weighted by Crippen LogP contribution is -2.05. The lowest BCUT2D eigenvalue weighted by molar-refractivity contribution is 0.417. The third-order valence-corrected chi connectivity index (χ3v) is 5.13. The molecule has 4 aromatic rings. The molecule has 0 unspecified atom stereocenters.